The first kappa shape index (κ1) is 26.3. The molecule has 3 atom stereocenters. The second kappa shape index (κ2) is 10.9. The molecule has 2 aromatic rings. The highest BCUT2D eigenvalue weighted by Gasteiger charge is 2.30. The average molecular weight is 481 g/mol. The zero-order valence-corrected chi connectivity index (χ0v) is 21.1. The molecule has 2 aromatic carbocycles. The molecule has 0 fully saturated rings. The molecule has 188 valence electrons. The number of ether oxygens (including phenoxy) is 1. The lowest BCUT2D eigenvalue weighted by atomic mass is 9.87. The van der Waals surface area contributed by atoms with E-state index in [4.69, 9.17) is 9.84 Å². The molecular formula is C28H36N2O5. The number of hydrogen-bond acceptors (Lipinski definition) is 4. The van der Waals surface area contributed by atoms with Crippen LogP contribution >= 0.6 is 0 Å². The van der Waals surface area contributed by atoms with Crippen LogP contribution in [-0.2, 0) is 14.3 Å². The van der Waals surface area contributed by atoms with E-state index >= 15 is 0 Å². The molecule has 0 aliphatic heterocycles. The van der Waals surface area contributed by atoms with Crippen LogP contribution in [-0.4, -0.2) is 41.8 Å². The van der Waals surface area contributed by atoms with Crippen molar-refractivity contribution < 1.29 is 24.2 Å². The molecule has 0 aromatic heterocycles. The number of carbonyl (C=O) groups is 3. The van der Waals surface area contributed by atoms with Gasteiger partial charge in [-0.15, -0.1) is 0 Å². The van der Waals surface area contributed by atoms with E-state index in [0.29, 0.717) is 6.42 Å². The van der Waals surface area contributed by atoms with Gasteiger partial charge < -0.3 is 20.5 Å². The molecule has 0 bridgehead atoms. The van der Waals surface area contributed by atoms with Crippen LogP contribution in [0.5, 0.6) is 0 Å². The molecule has 3 N–H and O–H groups in total. The topological polar surface area (TPSA) is 105 Å². The smallest absolute Gasteiger partial charge is 0.407 e. The van der Waals surface area contributed by atoms with Crippen LogP contribution in [0.2, 0.25) is 0 Å². The van der Waals surface area contributed by atoms with Crippen LogP contribution in [0.15, 0.2) is 48.5 Å². The first-order valence-electron chi connectivity index (χ1n) is 12.1. The summed E-state index contributed by atoms with van der Waals surface area (Å²) in [6, 6.07) is 15.3. The second-order valence-corrected chi connectivity index (χ2v) is 10.6. The molecule has 7 heteroatoms. The lowest BCUT2D eigenvalue weighted by molar-refractivity contribution is -0.142. The maximum atomic E-state index is 12.8. The van der Waals surface area contributed by atoms with Crippen LogP contribution in [0.25, 0.3) is 11.1 Å². The van der Waals surface area contributed by atoms with Crippen LogP contribution in [0.3, 0.4) is 0 Å². The average Bonchev–Trinajstić information content (AvgIpc) is 3.09. The van der Waals surface area contributed by atoms with Crippen molar-refractivity contribution in [3.05, 3.63) is 59.7 Å². The van der Waals surface area contributed by atoms with Gasteiger partial charge in [0.2, 0.25) is 5.91 Å². The fourth-order valence-electron chi connectivity index (χ4n) is 4.60. The summed E-state index contributed by atoms with van der Waals surface area (Å²) in [5.74, 6) is -2.04. The third-order valence-electron chi connectivity index (χ3n) is 6.48. The van der Waals surface area contributed by atoms with Gasteiger partial charge in [0.25, 0.3) is 0 Å². The van der Waals surface area contributed by atoms with Crippen molar-refractivity contribution in [2.45, 2.75) is 65.5 Å². The van der Waals surface area contributed by atoms with Crippen LogP contribution in [0, 0.1) is 11.3 Å². The van der Waals surface area contributed by atoms with Crippen molar-refractivity contribution >= 4 is 18.0 Å². The molecular weight excluding hydrogens is 444 g/mol. The molecule has 0 spiro atoms. The third kappa shape index (κ3) is 6.84. The summed E-state index contributed by atoms with van der Waals surface area (Å²) < 4.78 is 5.66. The van der Waals surface area contributed by atoms with Crippen LogP contribution in [0.1, 0.15) is 64.5 Å². The first-order chi connectivity index (χ1) is 16.5. The largest absolute Gasteiger partial charge is 0.481 e. The number of alkyl carbamates (subject to hydrolysis) is 1. The quantitative estimate of drug-likeness (QED) is 0.471. The van der Waals surface area contributed by atoms with Crippen molar-refractivity contribution in [3.63, 3.8) is 0 Å². The first-order valence-corrected chi connectivity index (χ1v) is 12.1. The molecule has 7 nitrogen and oxygen atoms in total. The zero-order valence-electron chi connectivity index (χ0n) is 21.1. The Balaban J connectivity index is 1.63. The second-order valence-electron chi connectivity index (χ2n) is 10.6. The SMILES string of the molecule is CC(NC(=O)CC(CC(C)(C)C)NC(=O)OCC1c2ccccc2-c2ccccc21)C(C)C(=O)O. The predicted octanol–water partition coefficient (Wildman–Crippen LogP) is 4.95. The molecule has 3 rings (SSSR count). The number of carboxylic acid groups (broad SMARTS) is 1. The van der Waals surface area contributed by atoms with E-state index in [-0.39, 0.29) is 30.3 Å². The molecule has 0 radical (unpaired) electrons. The van der Waals surface area contributed by atoms with Crippen molar-refractivity contribution in [2.75, 3.05) is 6.61 Å². The fraction of sp³-hybridized carbons (Fsp3) is 0.464. The molecule has 2 amide bonds. The highest BCUT2D eigenvalue weighted by molar-refractivity contribution is 5.80. The number of amides is 2. The van der Waals surface area contributed by atoms with Gasteiger partial charge in [-0.3, -0.25) is 9.59 Å². The predicted molar refractivity (Wildman–Crippen MR) is 135 cm³/mol. The minimum absolute atomic E-state index is 0.0398. The van der Waals surface area contributed by atoms with E-state index in [1.54, 1.807) is 13.8 Å². The Morgan fingerprint density at radius 3 is 2.00 bits per heavy atom. The molecule has 0 heterocycles. The van der Waals surface area contributed by atoms with Gasteiger partial charge in [-0.25, -0.2) is 4.79 Å². The van der Waals surface area contributed by atoms with E-state index in [2.05, 4.69) is 34.9 Å². The molecule has 35 heavy (non-hydrogen) atoms. The summed E-state index contributed by atoms with van der Waals surface area (Å²) in [6.45, 7) is 9.51. The maximum Gasteiger partial charge on any atom is 0.407 e. The summed E-state index contributed by atoms with van der Waals surface area (Å²) >= 11 is 0. The lowest BCUT2D eigenvalue weighted by Gasteiger charge is -2.27. The third-order valence-corrected chi connectivity index (χ3v) is 6.48. The number of nitrogens with one attached hydrogen (secondary N) is 2. The number of benzene rings is 2. The normalized spacial score (nSPS) is 15.3. The van der Waals surface area contributed by atoms with Gasteiger partial charge in [0.05, 0.1) is 5.92 Å². The van der Waals surface area contributed by atoms with E-state index in [0.717, 1.165) is 22.3 Å². The van der Waals surface area contributed by atoms with Gasteiger partial charge in [0, 0.05) is 24.4 Å². The van der Waals surface area contributed by atoms with Gasteiger partial charge >= 0.3 is 12.1 Å². The fourth-order valence-corrected chi connectivity index (χ4v) is 4.60. The van der Waals surface area contributed by atoms with Gasteiger partial charge in [-0.05, 0) is 47.9 Å². The standard InChI is InChI=1S/C28H36N2O5/c1-17(26(32)33)18(2)29-25(31)14-19(15-28(3,4)5)30-27(34)35-16-24-22-12-8-6-10-20(22)21-11-7-9-13-23(21)24/h6-13,17-19,24H,14-16H2,1-5H3,(H,29,31)(H,30,34)(H,32,33). The number of carbonyl (C=O) groups excluding carboxylic acids is 2. The van der Waals surface area contributed by atoms with E-state index in [1.807, 2.05) is 45.0 Å². The number of rotatable bonds is 9. The van der Waals surface area contributed by atoms with Crippen molar-refractivity contribution in [2.24, 2.45) is 11.3 Å². The van der Waals surface area contributed by atoms with E-state index in [9.17, 15) is 14.4 Å². The molecule has 1 aliphatic rings. The van der Waals surface area contributed by atoms with Crippen LogP contribution in [0.4, 0.5) is 4.79 Å². The summed E-state index contributed by atoms with van der Waals surface area (Å²) in [5.41, 5.74) is 4.44. The monoisotopic (exact) mass is 480 g/mol. The van der Waals surface area contributed by atoms with E-state index < -0.39 is 30.1 Å². The number of hydrogen-bond donors (Lipinski definition) is 3. The Kier molecular flexibility index (Phi) is 8.20. The summed E-state index contributed by atoms with van der Waals surface area (Å²) in [5, 5.41) is 14.8. The minimum Gasteiger partial charge on any atom is -0.481 e. The Bertz CT molecular complexity index is 1030. The Morgan fingerprint density at radius 1 is 0.943 bits per heavy atom. The highest BCUT2D eigenvalue weighted by Crippen LogP contribution is 2.44. The zero-order chi connectivity index (χ0) is 25.8. The Labute approximate surface area is 207 Å². The van der Waals surface area contributed by atoms with Gasteiger partial charge in [0.1, 0.15) is 6.61 Å². The minimum atomic E-state index is -0.971. The number of carboxylic acids is 1. The lowest BCUT2D eigenvalue weighted by Crippen LogP contribution is -2.45. The van der Waals surface area contributed by atoms with Crippen molar-refractivity contribution in [3.8, 4) is 11.1 Å². The Hall–Kier alpha value is -3.35. The molecule has 3 unspecified atom stereocenters. The molecule has 0 saturated heterocycles. The maximum absolute atomic E-state index is 12.8. The summed E-state index contributed by atoms with van der Waals surface area (Å²) in [7, 11) is 0. The molecule has 1 aliphatic carbocycles. The van der Waals surface area contributed by atoms with Gasteiger partial charge in [-0.2, -0.15) is 0 Å². The highest BCUT2D eigenvalue weighted by atomic mass is 16.5. The van der Waals surface area contributed by atoms with Crippen molar-refractivity contribution in [1.82, 2.24) is 10.6 Å². The van der Waals surface area contributed by atoms with Crippen LogP contribution < -0.4 is 10.6 Å². The van der Waals surface area contributed by atoms with Gasteiger partial charge in [0.15, 0.2) is 0 Å². The number of aliphatic carboxylic acids is 1. The van der Waals surface area contributed by atoms with E-state index in [1.165, 1.54) is 0 Å². The summed E-state index contributed by atoms with van der Waals surface area (Å²) in [6.07, 6.45) is 0.0342. The summed E-state index contributed by atoms with van der Waals surface area (Å²) in [4.78, 5) is 36.6. The van der Waals surface area contributed by atoms with Gasteiger partial charge in [-0.1, -0.05) is 69.3 Å². The Morgan fingerprint density at radius 2 is 1.49 bits per heavy atom. The molecule has 0 saturated carbocycles. The van der Waals surface area contributed by atoms with Crippen molar-refractivity contribution in [1.29, 1.82) is 0 Å². The number of fused-ring (bicyclic) bond motifs is 3.